The molecule has 0 spiro atoms. The number of aliphatic imine (C=N–C) groups is 1. The summed E-state index contributed by atoms with van der Waals surface area (Å²) in [6.07, 6.45) is 11.4. The smallest absolute Gasteiger partial charge is 0.347 e. The lowest BCUT2D eigenvalue weighted by atomic mass is 9.54. The molecule has 7 nitrogen and oxygen atoms in total. The molecular formula is C25H27N3O4. The van der Waals surface area contributed by atoms with E-state index < -0.39 is 5.97 Å². The Bertz CT molecular complexity index is 1100. The molecule has 0 amide bonds. The van der Waals surface area contributed by atoms with E-state index >= 15 is 0 Å². The number of esters is 1. The predicted octanol–water partition coefficient (Wildman–Crippen LogP) is 5.05. The van der Waals surface area contributed by atoms with Crippen molar-refractivity contribution in [1.82, 2.24) is 4.98 Å². The first kappa shape index (κ1) is 19.6. The van der Waals surface area contributed by atoms with Crippen LogP contribution in [-0.2, 0) is 4.74 Å². The number of nitrogens with zero attached hydrogens (tertiary/aromatic N) is 2. The van der Waals surface area contributed by atoms with Crippen LogP contribution in [0.2, 0.25) is 0 Å². The second-order valence-electron chi connectivity index (χ2n) is 9.57. The van der Waals surface area contributed by atoms with Crippen molar-refractivity contribution >= 4 is 35.5 Å². The fraction of sp³-hybridized carbons (Fsp3) is 0.480. The van der Waals surface area contributed by atoms with Crippen molar-refractivity contribution in [1.29, 1.82) is 0 Å². The highest BCUT2D eigenvalue weighted by molar-refractivity contribution is 6.21. The Morgan fingerprint density at radius 3 is 2.72 bits per heavy atom. The predicted molar refractivity (Wildman–Crippen MR) is 121 cm³/mol. The van der Waals surface area contributed by atoms with Gasteiger partial charge in [-0.25, -0.2) is 14.8 Å². The van der Waals surface area contributed by atoms with Gasteiger partial charge in [-0.1, -0.05) is 0 Å². The number of carbonyl (C=O) groups is 1. The van der Waals surface area contributed by atoms with E-state index in [1.165, 1.54) is 32.1 Å². The first-order chi connectivity index (χ1) is 15.6. The van der Waals surface area contributed by atoms with E-state index in [-0.39, 0.29) is 29.7 Å². The molecule has 2 N–H and O–H groups in total. The standard InChI is InChI=1S/C25H27N3O4/c1-2-31-25(30)20-22(29)19(11-17-12-27-23-18(17)4-3-5-26-23)32-24(20)28-21-15-7-13-6-14(9-15)10-16(21)8-13/h3-5,11-16,21,28-29H,2,6-10H2,1H3. The van der Waals surface area contributed by atoms with Gasteiger partial charge in [0.1, 0.15) is 0 Å². The Kier molecular flexibility index (Phi) is 4.59. The largest absolute Gasteiger partial charge is 0.504 e. The highest BCUT2D eigenvalue weighted by atomic mass is 16.5. The van der Waals surface area contributed by atoms with Crippen LogP contribution in [0.1, 0.15) is 60.7 Å². The van der Waals surface area contributed by atoms with E-state index in [0.717, 1.165) is 23.0 Å². The number of allylic oxidation sites excluding steroid dienone is 1. The maximum absolute atomic E-state index is 12.7. The maximum atomic E-state index is 12.7. The lowest BCUT2D eigenvalue weighted by Gasteiger charge is -2.54. The third-order valence-corrected chi connectivity index (χ3v) is 7.62. The van der Waals surface area contributed by atoms with Crippen LogP contribution in [0.4, 0.5) is 11.7 Å². The Balaban J connectivity index is 1.36. The summed E-state index contributed by atoms with van der Waals surface area (Å²) >= 11 is 0. The summed E-state index contributed by atoms with van der Waals surface area (Å²) in [6.45, 7) is 1.98. The van der Waals surface area contributed by atoms with Gasteiger partial charge in [0.15, 0.2) is 22.9 Å². The number of aromatic nitrogens is 1. The van der Waals surface area contributed by atoms with Crippen molar-refractivity contribution in [2.24, 2.45) is 28.7 Å². The van der Waals surface area contributed by atoms with Crippen LogP contribution in [0, 0.1) is 23.7 Å². The molecule has 1 aliphatic heterocycles. The van der Waals surface area contributed by atoms with Gasteiger partial charge in [-0.3, -0.25) is 0 Å². The fourth-order valence-corrected chi connectivity index (χ4v) is 6.53. The molecule has 166 valence electrons. The molecule has 0 unspecified atom stereocenters. The van der Waals surface area contributed by atoms with Crippen LogP contribution in [-0.4, -0.2) is 34.9 Å². The number of aromatic hydroxyl groups is 1. The van der Waals surface area contributed by atoms with Gasteiger partial charge in [0.2, 0.25) is 5.88 Å². The van der Waals surface area contributed by atoms with Crippen LogP contribution in [0.15, 0.2) is 27.7 Å². The third-order valence-electron chi connectivity index (χ3n) is 7.62. The molecule has 7 heteroatoms. The van der Waals surface area contributed by atoms with Crippen molar-refractivity contribution < 1.29 is 19.1 Å². The summed E-state index contributed by atoms with van der Waals surface area (Å²) in [5.74, 6) is 3.26. The summed E-state index contributed by atoms with van der Waals surface area (Å²) in [7, 11) is 0. The van der Waals surface area contributed by atoms with Crippen molar-refractivity contribution in [2.45, 2.75) is 45.1 Å². The van der Waals surface area contributed by atoms with Gasteiger partial charge in [-0.15, -0.1) is 0 Å². The van der Waals surface area contributed by atoms with Crippen molar-refractivity contribution in [3.05, 3.63) is 35.2 Å². The Morgan fingerprint density at radius 2 is 2.00 bits per heavy atom. The number of carbonyl (C=O) groups excluding carboxylic acids is 1. The number of hydrogen-bond donors (Lipinski definition) is 2. The Labute approximate surface area is 186 Å². The molecule has 7 rings (SSSR count). The van der Waals surface area contributed by atoms with Crippen molar-refractivity contribution in [3.63, 3.8) is 0 Å². The molecule has 4 aliphatic carbocycles. The van der Waals surface area contributed by atoms with Crippen LogP contribution in [0.25, 0.3) is 11.6 Å². The van der Waals surface area contributed by atoms with Gasteiger partial charge in [0.05, 0.1) is 6.61 Å². The number of pyridine rings is 1. The second-order valence-corrected chi connectivity index (χ2v) is 9.57. The average molecular weight is 434 g/mol. The first-order valence-electron chi connectivity index (χ1n) is 11.6. The summed E-state index contributed by atoms with van der Waals surface area (Å²) in [4.78, 5) is 21.3. The maximum Gasteiger partial charge on any atom is 0.347 e. The molecule has 0 saturated heterocycles. The van der Waals surface area contributed by atoms with E-state index in [0.29, 0.717) is 23.5 Å². The quantitative estimate of drug-likeness (QED) is 0.641. The van der Waals surface area contributed by atoms with E-state index in [1.807, 2.05) is 12.1 Å². The van der Waals surface area contributed by atoms with Gasteiger partial charge < -0.3 is 19.6 Å². The Hall–Kier alpha value is -3.09. The Morgan fingerprint density at radius 1 is 1.25 bits per heavy atom. The number of ether oxygens (including phenoxy) is 1. The van der Waals surface area contributed by atoms with Gasteiger partial charge in [0, 0.05) is 29.6 Å². The van der Waals surface area contributed by atoms with E-state index in [1.54, 1.807) is 25.4 Å². The number of anilines is 1. The molecular weight excluding hydrogens is 406 g/mol. The van der Waals surface area contributed by atoms with E-state index in [2.05, 4.69) is 15.3 Å². The zero-order valence-electron chi connectivity index (χ0n) is 18.1. The van der Waals surface area contributed by atoms with Crippen molar-refractivity contribution in [2.75, 3.05) is 11.9 Å². The van der Waals surface area contributed by atoms with Crippen LogP contribution >= 0.6 is 0 Å². The molecule has 0 atom stereocenters. The third kappa shape index (κ3) is 3.14. The van der Waals surface area contributed by atoms with Gasteiger partial charge in [0.25, 0.3) is 0 Å². The molecule has 2 aromatic heterocycles. The summed E-state index contributed by atoms with van der Waals surface area (Å²) in [5, 5.41) is 14.5. The van der Waals surface area contributed by atoms with Crippen LogP contribution in [0.3, 0.4) is 0 Å². The molecule has 0 radical (unpaired) electrons. The second kappa shape index (κ2) is 7.50. The first-order valence-corrected chi connectivity index (χ1v) is 11.6. The number of rotatable bonds is 5. The molecule has 4 saturated carbocycles. The fourth-order valence-electron chi connectivity index (χ4n) is 6.53. The van der Waals surface area contributed by atoms with Crippen LogP contribution < -0.4 is 5.32 Å². The highest BCUT2D eigenvalue weighted by Gasteiger charge is 2.49. The summed E-state index contributed by atoms with van der Waals surface area (Å²) in [5.41, 5.74) is 1.71. The number of fused-ring (bicyclic) bond motifs is 1. The molecule has 4 fully saturated rings. The monoisotopic (exact) mass is 433 g/mol. The van der Waals surface area contributed by atoms with E-state index in [4.69, 9.17) is 9.15 Å². The summed E-state index contributed by atoms with van der Waals surface area (Å²) < 4.78 is 11.3. The topological polar surface area (TPSA) is 97.0 Å². The lowest BCUT2D eigenvalue weighted by molar-refractivity contribution is 0.00683. The average Bonchev–Trinajstić information content (AvgIpc) is 3.31. The van der Waals surface area contributed by atoms with Gasteiger partial charge >= 0.3 is 5.97 Å². The van der Waals surface area contributed by atoms with Crippen molar-refractivity contribution in [3.8, 4) is 5.75 Å². The molecule has 4 bridgehead atoms. The zero-order chi connectivity index (χ0) is 21.8. The van der Waals surface area contributed by atoms with Crippen LogP contribution in [0.5, 0.6) is 5.75 Å². The number of furan rings is 1. The van der Waals surface area contributed by atoms with Gasteiger partial charge in [-0.2, -0.15) is 0 Å². The van der Waals surface area contributed by atoms with Gasteiger partial charge in [-0.05, 0) is 80.9 Å². The SMILES string of the molecule is CCOC(=O)c1c(NC2C3CC4CC(C3)CC2C4)oc(C=C2C=Nc3ncccc32)c1O. The zero-order valence-corrected chi connectivity index (χ0v) is 18.1. The minimum Gasteiger partial charge on any atom is -0.504 e. The molecule has 2 aromatic rings. The lowest BCUT2D eigenvalue weighted by Crippen LogP contribution is -2.51. The molecule has 0 aromatic carbocycles. The number of nitrogens with one attached hydrogen (secondary N) is 1. The molecule has 32 heavy (non-hydrogen) atoms. The highest BCUT2D eigenvalue weighted by Crippen LogP contribution is 2.54. The molecule has 5 aliphatic rings. The molecule has 3 heterocycles. The summed E-state index contributed by atoms with van der Waals surface area (Å²) in [6, 6.07) is 4.02. The normalized spacial score (nSPS) is 30.7. The number of hydrogen-bond acceptors (Lipinski definition) is 7. The minimum absolute atomic E-state index is 0.0776. The minimum atomic E-state index is -0.577. The van der Waals surface area contributed by atoms with E-state index in [9.17, 15) is 9.90 Å².